The molecule has 6 N–H and O–H groups in total. The molecule has 128 valence electrons. The standard InChI is InChI=1S/C13H16N6O3S2/c14-5-18-8(16)1-7(15)17-13(18)24-4-6-3-23-10-2-9(20)19(10)11(6)12(21)22/h1,10H,2-5,14H2,(H4,15,16,21,22). The van der Waals surface area contributed by atoms with Gasteiger partial charge in [0.2, 0.25) is 17.5 Å². The Kier molecular flexibility index (Phi) is 4.56. The van der Waals surface area contributed by atoms with Crippen molar-refractivity contribution in [2.24, 2.45) is 5.73 Å². The Morgan fingerprint density at radius 2 is 2.29 bits per heavy atom. The van der Waals surface area contributed by atoms with Gasteiger partial charge >= 0.3 is 5.16 Å². The number of β-lactam (4-membered cyclic amide) rings is 1. The minimum absolute atomic E-state index is 0.0290. The van der Waals surface area contributed by atoms with Gasteiger partial charge in [0.15, 0.2) is 0 Å². The Morgan fingerprint density at radius 3 is 2.92 bits per heavy atom. The minimum atomic E-state index is -1.34. The number of thioether (sulfide) groups is 2. The summed E-state index contributed by atoms with van der Waals surface area (Å²) in [6.07, 6.45) is 0.363. The van der Waals surface area contributed by atoms with Gasteiger partial charge in [0, 0.05) is 11.5 Å². The van der Waals surface area contributed by atoms with Crippen molar-refractivity contribution in [3.05, 3.63) is 17.3 Å². The quantitative estimate of drug-likeness (QED) is 0.228. The van der Waals surface area contributed by atoms with E-state index in [1.54, 1.807) is 4.57 Å². The number of carboxylic acid groups (broad SMARTS) is 1. The molecule has 1 unspecified atom stereocenters. The molecular weight excluding hydrogens is 352 g/mol. The number of aromatic nitrogens is 2. The summed E-state index contributed by atoms with van der Waals surface area (Å²) < 4.78 is 1.58. The Bertz CT molecular complexity index is 753. The van der Waals surface area contributed by atoms with Crippen LogP contribution in [0.2, 0.25) is 0 Å². The third-order valence-electron chi connectivity index (χ3n) is 3.75. The first kappa shape index (κ1) is 16.9. The van der Waals surface area contributed by atoms with Gasteiger partial charge in [0.05, 0.1) is 29.5 Å². The van der Waals surface area contributed by atoms with E-state index in [2.05, 4.69) is 4.98 Å². The first-order chi connectivity index (χ1) is 11.4. The summed E-state index contributed by atoms with van der Waals surface area (Å²) >= 11 is 2.81. The molecule has 0 aromatic carbocycles. The fourth-order valence-electron chi connectivity index (χ4n) is 2.57. The van der Waals surface area contributed by atoms with E-state index in [0.717, 1.165) is 0 Å². The number of carbonyl (C=O) groups is 2. The second-order valence-electron chi connectivity index (χ2n) is 5.26. The molecule has 24 heavy (non-hydrogen) atoms. The summed E-state index contributed by atoms with van der Waals surface area (Å²) in [5, 5.41) is 11.9. The number of fused-ring (bicyclic) bond motifs is 1. The number of nitrogens with two attached hydrogens (primary N) is 3. The maximum absolute atomic E-state index is 11.7. The molecule has 0 aliphatic carbocycles. The van der Waals surface area contributed by atoms with Gasteiger partial charge in [-0.25, -0.2) is 4.57 Å². The molecule has 2 aliphatic heterocycles. The molecule has 0 saturated carbocycles. The third-order valence-corrected chi connectivity index (χ3v) is 6.09. The van der Waals surface area contributed by atoms with E-state index in [0.29, 0.717) is 34.5 Å². The zero-order valence-corrected chi connectivity index (χ0v) is 14.2. The summed E-state index contributed by atoms with van der Waals surface area (Å²) in [5.41, 5.74) is 17.8. The molecule has 1 atom stereocenters. The monoisotopic (exact) mass is 368 g/mol. The number of anilines is 2. The van der Waals surface area contributed by atoms with Gasteiger partial charge in [0.1, 0.15) is 6.67 Å². The number of carboxylic acids is 1. The van der Waals surface area contributed by atoms with Crippen LogP contribution in [0.1, 0.15) is 6.42 Å². The van der Waals surface area contributed by atoms with Crippen LogP contribution in [0.15, 0.2) is 22.5 Å². The average Bonchev–Trinajstić information content (AvgIpc) is 2.51. The van der Waals surface area contributed by atoms with Crippen molar-refractivity contribution in [2.45, 2.75) is 23.6 Å². The number of rotatable bonds is 5. The van der Waals surface area contributed by atoms with Crippen molar-refractivity contribution in [2.75, 3.05) is 23.0 Å². The molecular formula is C13H16N6O3S2. The molecule has 1 aromatic heterocycles. The molecule has 1 saturated heterocycles. The van der Waals surface area contributed by atoms with E-state index in [1.165, 1.54) is 34.5 Å². The second-order valence-corrected chi connectivity index (χ2v) is 7.37. The van der Waals surface area contributed by atoms with Crippen LogP contribution in [-0.2, 0) is 16.3 Å². The highest BCUT2D eigenvalue weighted by molar-refractivity contribution is 8.00. The molecule has 0 spiro atoms. The largest absolute Gasteiger partial charge is 0.543 e. The number of nitrogens with zero attached hydrogens (tertiary/aromatic N) is 3. The van der Waals surface area contributed by atoms with E-state index in [4.69, 9.17) is 17.2 Å². The van der Waals surface area contributed by atoms with Crippen molar-refractivity contribution in [3.63, 3.8) is 0 Å². The van der Waals surface area contributed by atoms with Gasteiger partial charge in [-0.2, -0.15) is 0 Å². The molecule has 1 fully saturated rings. The van der Waals surface area contributed by atoms with Gasteiger partial charge < -0.3 is 27.1 Å². The predicted molar refractivity (Wildman–Crippen MR) is 87.9 cm³/mol. The molecule has 1 aromatic rings. The van der Waals surface area contributed by atoms with Gasteiger partial charge in [-0.1, -0.05) is 4.98 Å². The topological polar surface area (TPSA) is 155 Å². The van der Waals surface area contributed by atoms with E-state index in [1.807, 2.05) is 0 Å². The van der Waals surface area contributed by atoms with Crippen molar-refractivity contribution in [1.29, 1.82) is 0 Å². The van der Waals surface area contributed by atoms with Crippen LogP contribution in [0.25, 0.3) is 0 Å². The summed E-state index contributed by atoms with van der Waals surface area (Å²) in [7, 11) is 0. The number of hydrogen-bond acceptors (Lipinski definition) is 9. The maximum atomic E-state index is 11.7. The molecule has 0 bridgehead atoms. The summed E-state index contributed by atoms with van der Waals surface area (Å²) in [5.74, 6) is -0.0659. The Hall–Kier alpha value is -1.98. The van der Waals surface area contributed by atoms with Gasteiger partial charge in [-0.3, -0.25) is 9.69 Å². The zero-order chi connectivity index (χ0) is 17.4. The smallest absolute Gasteiger partial charge is 0.302 e. The summed E-state index contributed by atoms with van der Waals surface area (Å²) in [6, 6.07) is 1.50. The highest BCUT2D eigenvalue weighted by Gasteiger charge is 2.43. The van der Waals surface area contributed by atoms with E-state index in [9.17, 15) is 14.7 Å². The molecule has 2 aliphatic rings. The van der Waals surface area contributed by atoms with E-state index < -0.39 is 5.97 Å². The SMILES string of the molecule is NC[n+]1c(N)cc(N)nc1SCC1=C(C(=O)[O-])N2C(=O)CC2SC1. The lowest BCUT2D eigenvalue weighted by molar-refractivity contribution is -0.722. The van der Waals surface area contributed by atoms with Gasteiger partial charge in [0.25, 0.3) is 0 Å². The fraction of sp³-hybridized carbons (Fsp3) is 0.385. The first-order valence-corrected chi connectivity index (χ1v) is 9.11. The number of nitrogen functional groups attached to an aromatic ring is 2. The molecule has 1 amide bonds. The van der Waals surface area contributed by atoms with Crippen LogP contribution in [0.4, 0.5) is 11.6 Å². The average molecular weight is 368 g/mol. The number of carbonyl (C=O) groups excluding carboxylic acids is 2. The number of amides is 1. The van der Waals surface area contributed by atoms with Crippen LogP contribution in [0.3, 0.4) is 0 Å². The van der Waals surface area contributed by atoms with Crippen molar-refractivity contribution >= 4 is 47.0 Å². The lowest BCUT2D eigenvalue weighted by Gasteiger charge is -2.45. The van der Waals surface area contributed by atoms with E-state index >= 15 is 0 Å². The predicted octanol–water partition coefficient (Wildman–Crippen LogP) is -2.15. The molecule has 9 nitrogen and oxygen atoms in total. The lowest BCUT2D eigenvalue weighted by Crippen LogP contribution is -2.56. The highest BCUT2D eigenvalue weighted by Crippen LogP contribution is 2.40. The van der Waals surface area contributed by atoms with Crippen LogP contribution < -0.4 is 26.9 Å². The minimum Gasteiger partial charge on any atom is -0.543 e. The second kappa shape index (κ2) is 6.49. The third kappa shape index (κ3) is 2.89. The fourth-order valence-corrected chi connectivity index (χ4v) is 5.01. The van der Waals surface area contributed by atoms with Crippen molar-refractivity contribution in [1.82, 2.24) is 9.88 Å². The Morgan fingerprint density at radius 1 is 1.54 bits per heavy atom. The molecule has 0 radical (unpaired) electrons. The van der Waals surface area contributed by atoms with E-state index in [-0.39, 0.29) is 29.5 Å². The summed E-state index contributed by atoms with van der Waals surface area (Å²) in [4.78, 5) is 28.7. The maximum Gasteiger partial charge on any atom is 0.302 e. The van der Waals surface area contributed by atoms with Gasteiger partial charge in [-0.05, 0) is 17.3 Å². The summed E-state index contributed by atoms with van der Waals surface area (Å²) in [6.45, 7) is 0.120. The highest BCUT2D eigenvalue weighted by atomic mass is 32.2. The van der Waals surface area contributed by atoms with Gasteiger partial charge in [-0.15, -0.1) is 11.8 Å². The molecule has 3 heterocycles. The van der Waals surface area contributed by atoms with Crippen LogP contribution in [0, 0.1) is 0 Å². The Balaban J connectivity index is 1.87. The first-order valence-electron chi connectivity index (χ1n) is 7.08. The molecule has 11 heteroatoms. The van der Waals surface area contributed by atoms with Crippen molar-refractivity contribution in [3.8, 4) is 0 Å². The lowest BCUT2D eigenvalue weighted by atomic mass is 10.1. The normalized spacial score (nSPS) is 20.0. The number of hydrogen-bond donors (Lipinski definition) is 3. The van der Waals surface area contributed by atoms with Crippen molar-refractivity contribution < 1.29 is 19.3 Å². The van der Waals surface area contributed by atoms with Crippen LogP contribution in [0.5, 0.6) is 0 Å². The molecule has 3 rings (SSSR count). The van der Waals surface area contributed by atoms with Crippen LogP contribution >= 0.6 is 23.5 Å². The van der Waals surface area contributed by atoms with Crippen LogP contribution in [-0.4, -0.2) is 38.6 Å². The number of aliphatic carboxylic acids is 1. The Labute approximate surface area is 146 Å². The zero-order valence-electron chi connectivity index (χ0n) is 12.6.